The lowest BCUT2D eigenvalue weighted by Crippen LogP contribution is -2.08. The zero-order valence-electron chi connectivity index (χ0n) is 12.1. The maximum absolute atomic E-state index is 10.8. The standard InChI is InChI=1S/C15H14N4O2S/c1-18(2)11-5-3-10(4-6-11)16-15-17-13-8-7-12(19(20)21)9-14(13)22-15/h3-9H,1-2H3,(H,16,17). The van der Waals surface area contributed by atoms with E-state index < -0.39 is 4.92 Å². The van der Waals surface area contributed by atoms with E-state index in [9.17, 15) is 10.1 Å². The third-order valence-electron chi connectivity index (χ3n) is 3.22. The van der Waals surface area contributed by atoms with Gasteiger partial charge in [0.1, 0.15) is 0 Å². The largest absolute Gasteiger partial charge is 0.378 e. The van der Waals surface area contributed by atoms with Crippen molar-refractivity contribution in [2.75, 3.05) is 24.3 Å². The molecule has 1 aromatic heterocycles. The quantitative estimate of drug-likeness (QED) is 0.582. The summed E-state index contributed by atoms with van der Waals surface area (Å²) in [6, 6.07) is 12.7. The molecule has 0 aliphatic carbocycles. The lowest BCUT2D eigenvalue weighted by Gasteiger charge is -2.12. The topological polar surface area (TPSA) is 71.3 Å². The van der Waals surface area contributed by atoms with E-state index in [-0.39, 0.29) is 5.69 Å². The maximum atomic E-state index is 10.8. The van der Waals surface area contributed by atoms with Crippen LogP contribution in [0.25, 0.3) is 10.2 Å². The molecule has 6 nitrogen and oxygen atoms in total. The van der Waals surface area contributed by atoms with Crippen molar-refractivity contribution in [1.29, 1.82) is 0 Å². The van der Waals surface area contributed by atoms with Crippen molar-refractivity contribution in [3.8, 4) is 0 Å². The minimum atomic E-state index is -0.397. The van der Waals surface area contributed by atoms with Crippen molar-refractivity contribution in [3.05, 3.63) is 52.6 Å². The number of anilines is 3. The lowest BCUT2D eigenvalue weighted by molar-refractivity contribution is -0.384. The number of fused-ring (bicyclic) bond motifs is 1. The molecule has 1 heterocycles. The second-order valence-electron chi connectivity index (χ2n) is 4.99. The first-order valence-corrected chi connectivity index (χ1v) is 7.44. The molecule has 3 rings (SSSR count). The van der Waals surface area contributed by atoms with Crippen molar-refractivity contribution >= 4 is 43.7 Å². The molecule has 0 atom stereocenters. The second-order valence-corrected chi connectivity index (χ2v) is 6.03. The van der Waals surface area contributed by atoms with Gasteiger partial charge in [-0.1, -0.05) is 11.3 Å². The van der Waals surface area contributed by atoms with E-state index in [4.69, 9.17) is 0 Å². The van der Waals surface area contributed by atoms with Gasteiger partial charge in [-0.3, -0.25) is 10.1 Å². The minimum absolute atomic E-state index is 0.0815. The lowest BCUT2D eigenvalue weighted by atomic mass is 10.2. The number of nitro benzene ring substituents is 1. The Labute approximate surface area is 131 Å². The smallest absolute Gasteiger partial charge is 0.270 e. The highest BCUT2D eigenvalue weighted by atomic mass is 32.1. The molecule has 112 valence electrons. The Morgan fingerprint density at radius 1 is 1.18 bits per heavy atom. The number of aromatic nitrogens is 1. The predicted octanol–water partition coefficient (Wildman–Crippen LogP) is 4.01. The maximum Gasteiger partial charge on any atom is 0.270 e. The molecule has 0 aliphatic heterocycles. The summed E-state index contributed by atoms with van der Waals surface area (Å²) in [7, 11) is 3.98. The number of rotatable bonds is 4. The van der Waals surface area contributed by atoms with Gasteiger partial charge in [-0.15, -0.1) is 0 Å². The average Bonchev–Trinajstić information content (AvgIpc) is 2.88. The van der Waals surface area contributed by atoms with Gasteiger partial charge in [0, 0.05) is 37.6 Å². The van der Waals surface area contributed by atoms with Crippen molar-refractivity contribution in [3.63, 3.8) is 0 Å². The normalized spacial score (nSPS) is 10.6. The molecule has 0 bridgehead atoms. The van der Waals surface area contributed by atoms with Crippen molar-refractivity contribution < 1.29 is 4.92 Å². The summed E-state index contributed by atoms with van der Waals surface area (Å²) in [5.74, 6) is 0. The fourth-order valence-electron chi connectivity index (χ4n) is 2.05. The van der Waals surface area contributed by atoms with Crippen LogP contribution in [0.2, 0.25) is 0 Å². The summed E-state index contributed by atoms with van der Waals surface area (Å²) in [6.45, 7) is 0. The molecule has 2 aromatic carbocycles. The van der Waals surface area contributed by atoms with Gasteiger partial charge < -0.3 is 10.2 Å². The first kappa shape index (κ1) is 14.3. The highest BCUT2D eigenvalue weighted by Gasteiger charge is 2.10. The molecule has 0 aliphatic rings. The summed E-state index contributed by atoms with van der Waals surface area (Å²) < 4.78 is 0.793. The van der Waals surface area contributed by atoms with Gasteiger partial charge in [0.25, 0.3) is 5.69 Å². The number of hydrogen-bond acceptors (Lipinski definition) is 6. The highest BCUT2D eigenvalue weighted by molar-refractivity contribution is 7.22. The molecule has 0 spiro atoms. The number of hydrogen-bond donors (Lipinski definition) is 1. The fraction of sp³-hybridized carbons (Fsp3) is 0.133. The molecule has 0 unspecified atom stereocenters. The van der Waals surface area contributed by atoms with Crippen LogP contribution >= 0.6 is 11.3 Å². The van der Waals surface area contributed by atoms with Crippen LogP contribution in [0.3, 0.4) is 0 Å². The van der Waals surface area contributed by atoms with Crippen LogP contribution in [0.1, 0.15) is 0 Å². The van der Waals surface area contributed by atoms with Crippen LogP contribution in [0.5, 0.6) is 0 Å². The summed E-state index contributed by atoms with van der Waals surface area (Å²) in [5, 5.41) is 14.7. The van der Waals surface area contributed by atoms with Crippen LogP contribution in [0, 0.1) is 10.1 Å². The van der Waals surface area contributed by atoms with Crippen molar-refractivity contribution in [1.82, 2.24) is 4.98 Å². The summed E-state index contributed by atoms with van der Waals surface area (Å²) in [4.78, 5) is 16.9. The Hall–Kier alpha value is -2.67. The number of non-ortho nitro benzene ring substituents is 1. The second kappa shape index (κ2) is 5.61. The fourth-order valence-corrected chi connectivity index (χ4v) is 2.97. The van der Waals surface area contributed by atoms with Gasteiger partial charge in [-0.05, 0) is 30.3 Å². The molecule has 3 aromatic rings. The molecule has 0 saturated carbocycles. The van der Waals surface area contributed by atoms with E-state index in [0.29, 0.717) is 5.13 Å². The molecular weight excluding hydrogens is 300 g/mol. The van der Waals surface area contributed by atoms with E-state index in [2.05, 4.69) is 10.3 Å². The van der Waals surface area contributed by atoms with Crippen molar-refractivity contribution in [2.24, 2.45) is 0 Å². The van der Waals surface area contributed by atoms with E-state index >= 15 is 0 Å². The third kappa shape index (κ3) is 2.84. The summed E-state index contributed by atoms with van der Waals surface area (Å²) >= 11 is 1.40. The monoisotopic (exact) mass is 314 g/mol. The number of nitrogens with zero attached hydrogens (tertiary/aromatic N) is 3. The summed E-state index contributed by atoms with van der Waals surface area (Å²) in [5.41, 5.74) is 2.88. The molecule has 0 amide bonds. The summed E-state index contributed by atoms with van der Waals surface area (Å²) in [6.07, 6.45) is 0. The minimum Gasteiger partial charge on any atom is -0.378 e. The molecule has 22 heavy (non-hydrogen) atoms. The molecular formula is C15H14N4O2S. The van der Waals surface area contributed by atoms with Gasteiger partial charge in [0.05, 0.1) is 15.1 Å². The van der Waals surface area contributed by atoms with Gasteiger partial charge in [-0.25, -0.2) is 4.98 Å². The molecule has 0 saturated heterocycles. The van der Waals surface area contributed by atoms with E-state index in [1.807, 2.05) is 43.3 Å². The Morgan fingerprint density at radius 2 is 1.91 bits per heavy atom. The molecule has 0 fully saturated rings. The Kier molecular flexibility index (Phi) is 3.64. The predicted molar refractivity (Wildman–Crippen MR) is 90.3 cm³/mol. The first-order chi connectivity index (χ1) is 10.5. The van der Waals surface area contributed by atoms with Crippen LogP contribution in [-0.4, -0.2) is 24.0 Å². The number of benzene rings is 2. The number of nitro groups is 1. The van der Waals surface area contributed by atoms with Gasteiger partial charge in [0.15, 0.2) is 5.13 Å². The van der Waals surface area contributed by atoms with Crippen LogP contribution in [0.15, 0.2) is 42.5 Å². The van der Waals surface area contributed by atoms with E-state index in [0.717, 1.165) is 21.6 Å². The zero-order valence-corrected chi connectivity index (χ0v) is 12.9. The Morgan fingerprint density at radius 3 is 2.55 bits per heavy atom. The SMILES string of the molecule is CN(C)c1ccc(Nc2nc3ccc([N+](=O)[O-])cc3s2)cc1. The highest BCUT2D eigenvalue weighted by Crippen LogP contribution is 2.31. The Bertz CT molecular complexity index is 827. The average molecular weight is 314 g/mol. The van der Waals surface area contributed by atoms with Gasteiger partial charge in [0.2, 0.25) is 0 Å². The number of thiazole rings is 1. The van der Waals surface area contributed by atoms with Crippen LogP contribution in [-0.2, 0) is 0 Å². The van der Waals surface area contributed by atoms with E-state index in [1.54, 1.807) is 12.1 Å². The van der Waals surface area contributed by atoms with Gasteiger partial charge in [-0.2, -0.15) is 0 Å². The zero-order chi connectivity index (χ0) is 15.7. The third-order valence-corrected chi connectivity index (χ3v) is 4.15. The van der Waals surface area contributed by atoms with Crippen LogP contribution < -0.4 is 10.2 Å². The Balaban J connectivity index is 1.85. The molecule has 1 N–H and O–H groups in total. The first-order valence-electron chi connectivity index (χ1n) is 6.62. The van der Waals surface area contributed by atoms with Crippen molar-refractivity contribution in [2.45, 2.75) is 0 Å². The molecule has 0 radical (unpaired) electrons. The number of nitrogens with one attached hydrogen (secondary N) is 1. The van der Waals surface area contributed by atoms with Crippen LogP contribution in [0.4, 0.5) is 22.2 Å². The van der Waals surface area contributed by atoms with E-state index in [1.165, 1.54) is 17.4 Å². The van der Waals surface area contributed by atoms with Gasteiger partial charge >= 0.3 is 0 Å². The molecule has 7 heteroatoms.